The van der Waals surface area contributed by atoms with E-state index in [1.54, 1.807) is 12.1 Å². The Balaban J connectivity index is 1.84. The maximum Gasteiger partial charge on any atom is 0.330 e. The Labute approximate surface area is 185 Å². The van der Waals surface area contributed by atoms with E-state index in [1.165, 1.54) is 11.7 Å². The number of aromatic nitrogens is 2. The smallest absolute Gasteiger partial charge is 0.330 e. The van der Waals surface area contributed by atoms with Gasteiger partial charge in [-0.25, -0.2) is 4.79 Å². The van der Waals surface area contributed by atoms with Crippen LogP contribution < -0.4 is 26.6 Å². The zero-order valence-electron chi connectivity index (χ0n) is 18.0. The molecule has 0 atom stereocenters. The highest BCUT2D eigenvalue weighted by Crippen LogP contribution is 2.17. The number of rotatable bonds is 10. The summed E-state index contributed by atoms with van der Waals surface area (Å²) in [5.41, 5.74) is 0.804. The van der Waals surface area contributed by atoms with Gasteiger partial charge in [0.15, 0.2) is 6.61 Å². The molecule has 0 saturated carbocycles. The van der Waals surface area contributed by atoms with Crippen molar-refractivity contribution in [2.75, 3.05) is 31.0 Å². The van der Waals surface area contributed by atoms with Crippen LogP contribution in [0.5, 0.6) is 5.75 Å². The standard InChI is InChI=1S/C23H26N4O5/c1-16-8-10-18(11-9-16)32-15-19(28)25-21-20(24-14-17-6-4-3-5-7-17)22(29)26-23(30)27(21)12-13-31-2/h3-11,24H,12-15H2,1-2H3,(H,25,28)(H,26,29,30). The monoisotopic (exact) mass is 438 g/mol. The van der Waals surface area contributed by atoms with Gasteiger partial charge in [0.1, 0.15) is 17.3 Å². The Kier molecular flexibility index (Phi) is 7.82. The quantitative estimate of drug-likeness (QED) is 0.447. The number of amides is 1. The number of hydrogen-bond acceptors (Lipinski definition) is 6. The molecule has 0 spiro atoms. The zero-order valence-corrected chi connectivity index (χ0v) is 18.0. The van der Waals surface area contributed by atoms with Crippen LogP contribution >= 0.6 is 0 Å². The maximum absolute atomic E-state index is 12.6. The number of carbonyl (C=O) groups excluding carboxylic acids is 1. The number of hydrogen-bond donors (Lipinski definition) is 3. The first-order valence-corrected chi connectivity index (χ1v) is 10.1. The van der Waals surface area contributed by atoms with Crippen LogP contribution in [0.1, 0.15) is 11.1 Å². The summed E-state index contributed by atoms with van der Waals surface area (Å²) in [5.74, 6) is 0.0876. The van der Waals surface area contributed by atoms with Crippen LogP contribution in [0.3, 0.4) is 0 Å². The van der Waals surface area contributed by atoms with Crippen LogP contribution in [0.15, 0.2) is 64.2 Å². The number of carbonyl (C=O) groups is 1. The first-order valence-electron chi connectivity index (χ1n) is 10.1. The predicted octanol–water partition coefficient (Wildman–Crippen LogP) is 2.12. The number of methoxy groups -OCH3 is 1. The molecule has 2 aromatic carbocycles. The third-order valence-corrected chi connectivity index (χ3v) is 4.68. The fourth-order valence-electron chi connectivity index (χ4n) is 3.00. The van der Waals surface area contributed by atoms with Gasteiger partial charge in [-0.1, -0.05) is 48.0 Å². The number of anilines is 2. The molecule has 0 bridgehead atoms. The molecule has 0 aliphatic heterocycles. The SMILES string of the molecule is COCCn1c(NC(=O)COc2ccc(C)cc2)c(NCc2ccccc2)c(=O)[nH]c1=O. The van der Waals surface area contributed by atoms with Gasteiger partial charge in [-0.15, -0.1) is 0 Å². The Morgan fingerprint density at radius 2 is 1.78 bits per heavy atom. The van der Waals surface area contributed by atoms with Gasteiger partial charge in [0.25, 0.3) is 11.5 Å². The van der Waals surface area contributed by atoms with Crippen LogP contribution in [0.2, 0.25) is 0 Å². The van der Waals surface area contributed by atoms with Gasteiger partial charge in [0, 0.05) is 13.7 Å². The average Bonchev–Trinajstić information content (AvgIpc) is 2.79. The number of aromatic amines is 1. The van der Waals surface area contributed by atoms with Gasteiger partial charge in [-0.3, -0.25) is 19.1 Å². The highest BCUT2D eigenvalue weighted by molar-refractivity contribution is 5.93. The normalized spacial score (nSPS) is 10.6. The van der Waals surface area contributed by atoms with E-state index in [4.69, 9.17) is 9.47 Å². The molecule has 1 amide bonds. The Morgan fingerprint density at radius 1 is 1.06 bits per heavy atom. The van der Waals surface area contributed by atoms with E-state index in [9.17, 15) is 14.4 Å². The first kappa shape index (κ1) is 22.8. The summed E-state index contributed by atoms with van der Waals surface area (Å²) in [4.78, 5) is 39.9. The van der Waals surface area contributed by atoms with Crippen molar-refractivity contribution in [3.63, 3.8) is 0 Å². The van der Waals surface area contributed by atoms with Crippen molar-refractivity contribution in [1.82, 2.24) is 9.55 Å². The summed E-state index contributed by atoms with van der Waals surface area (Å²) in [6, 6.07) is 16.7. The van der Waals surface area contributed by atoms with Crippen molar-refractivity contribution in [3.8, 4) is 5.75 Å². The molecule has 9 heteroatoms. The summed E-state index contributed by atoms with van der Waals surface area (Å²) in [6.07, 6.45) is 0. The number of nitrogens with one attached hydrogen (secondary N) is 3. The first-order chi connectivity index (χ1) is 15.5. The van der Waals surface area contributed by atoms with Crippen molar-refractivity contribution >= 4 is 17.4 Å². The molecule has 3 aromatic rings. The van der Waals surface area contributed by atoms with Crippen molar-refractivity contribution in [3.05, 3.63) is 86.6 Å². The Hall–Kier alpha value is -3.85. The number of benzene rings is 2. The fraction of sp³-hybridized carbons (Fsp3) is 0.261. The summed E-state index contributed by atoms with van der Waals surface area (Å²) in [6.45, 7) is 2.35. The van der Waals surface area contributed by atoms with Gasteiger partial charge in [-0.2, -0.15) is 0 Å². The molecule has 0 saturated heterocycles. The van der Waals surface area contributed by atoms with Crippen LogP contribution in [-0.4, -0.2) is 35.8 Å². The van der Waals surface area contributed by atoms with Gasteiger partial charge in [0.05, 0.1) is 13.2 Å². The zero-order chi connectivity index (χ0) is 22.9. The molecule has 9 nitrogen and oxygen atoms in total. The Morgan fingerprint density at radius 3 is 2.47 bits per heavy atom. The largest absolute Gasteiger partial charge is 0.484 e. The molecule has 0 aliphatic carbocycles. The molecule has 168 valence electrons. The number of H-pyrrole nitrogens is 1. The van der Waals surface area contributed by atoms with Crippen LogP contribution in [0.4, 0.5) is 11.5 Å². The van der Waals surface area contributed by atoms with Gasteiger partial charge < -0.3 is 20.1 Å². The van der Waals surface area contributed by atoms with E-state index in [0.29, 0.717) is 12.3 Å². The Bertz CT molecular complexity index is 1150. The fourth-order valence-corrected chi connectivity index (χ4v) is 3.00. The number of ether oxygens (including phenoxy) is 2. The van der Waals surface area contributed by atoms with Crippen molar-refractivity contribution in [2.45, 2.75) is 20.0 Å². The van der Waals surface area contributed by atoms with Crippen molar-refractivity contribution in [1.29, 1.82) is 0 Å². The maximum atomic E-state index is 12.6. The van der Waals surface area contributed by atoms with E-state index in [0.717, 1.165) is 11.1 Å². The molecule has 1 heterocycles. The summed E-state index contributed by atoms with van der Waals surface area (Å²) >= 11 is 0. The molecule has 0 unspecified atom stereocenters. The molecule has 32 heavy (non-hydrogen) atoms. The lowest BCUT2D eigenvalue weighted by Gasteiger charge is -2.18. The second kappa shape index (κ2) is 11.0. The minimum atomic E-state index is -0.646. The molecular formula is C23H26N4O5. The van der Waals surface area contributed by atoms with Crippen LogP contribution in [0.25, 0.3) is 0 Å². The molecule has 0 fully saturated rings. The van der Waals surface area contributed by atoms with Gasteiger partial charge in [0.2, 0.25) is 0 Å². The average molecular weight is 438 g/mol. The highest BCUT2D eigenvalue weighted by Gasteiger charge is 2.18. The molecule has 3 rings (SSSR count). The van der Waals surface area contributed by atoms with E-state index < -0.39 is 17.2 Å². The summed E-state index contributed by atoms with van der Waals surface area (Å²) in [7, 11) is 1.50. The van der Waals surface area contributed by atoms with Crippen molar-refractivity contribution in [2.24, 2.45) is 0 Å². The minimum absolute atomic E-state index is 0.0595. The molecule has 3 N–H and O–H groups in total. The van der Waals surface area contributed by atoms with E-state index in [1.807, 2.05) is 49.4 Å². The topological polar surface area (TPSA) is 114 Å². The lowest BCUT2D eigenvalue weighted by molar-refractivity contribution is -0.118. The summed E-state index contributed by atoms with van der Waals surface area (Å²) < 4.78 is 11.8. The summed E-state index contributed by atoms with van der Waals surface area (Å²) in [5, 5.41) is 5.68. The predicted molar refractivity (Wildman–Crippen MR) is 122 cm³/mol. The minimum Gasteiger partial charge on any atom is -0.484 e. The third-order valence-electron chi connectivity index (χ3n) is 4.68. The van der Waals surface area contributed by atoms with Crippen molar-refractivity contribution < 1.29 is 14.3 Å². The second-order valence-corrected chi connectivity index (χ2v) is 7.12. The second-order valence-electron chi connectivity index (χ2n) is 7.12. The number of nitrogens with zero attached hydrogens (tertiary/aromatic N) is 1. The highest BCUT2D eigenvalue weighted by atomic mass is 16.5. The van der Waals surface area contributed by atoms with E-state index >= 15 is 0 Å². The lowest BCUT2D eigenvalue weighted by Crippen LogP contribution is -2.36. The molecule has 0 aliphatic rings. The third kappa shape index (κ3) is 6.08. The molecular weight excluding hydrogens is 412 g/mol. The van der Waals surface area contributed by atoms with Crippen LogP contribution in [-0.2, 0) is 22.6 Å². The van der Waals surface area contributed by atoms with Gasteiger partial charge in [-0.05, 0) is 24.6 Å². The van der Waals surface area contributed by atoms with E-state index in [2.05, 4.69) is 15.6 Å². The van der Waals surface area contributed by atoms with Gasteiger partial charge >= 0.3 is 5.69 Å². The molecule has 1 aromatic heterocycles. The van der Waals surface area contributed by atoms with E-state index in [-0.39, 0.29) is 31.3 Å². The van der Waals surface area contributed by atoms with Crippen LogP contribution in [0, 0.1) is 6.92 Å². The number of aryl methyl sites for hydroxylation is 1. The lowest BCUT2D eigenvalue weighted by atomic mass is 10.2. The molecule has 0 radical (unpaired) electrons.